The molecule has 0 saturated carbocycles. The van der Waals surface area contributed by atoms with Crippen LogP contribution in [0.15, 0.2) is 30.5 Å². The van der Waals surface area contributed by atoms with Crippen molar-refractivity contribution in [2.45, 2.75) is 20.0 Å². The van der Waals surface area contributed by atoms with Gasteiger partial charge in [-0.1, -0.05) is 4.98 Å². The second kappa shape index (κ2) is 6.32. The number of hydrogen-bond donors (Lipinski definition) is 1. The second-order valence-electron chi connectivity index (χ2n) is 5.25. The summed E-state index contributed by atoms with van der Waals surface area (Å²) in [6, 6.07) is 5.25. The molecule has 0 amide bonds. The van der Waals surface area contributed by atoms with Crippen molar-refractivity contribution >= 4 is 11.0 Å². The molecule has 0 bridgehead atoms. The van der Waals surface area contributed by atoms with Gasteiger partial charge in [0, 0.05) is 11.6 Å². The summed E-state index contributed by atoms with van der Waals surface area (Å²) in [6.45, 7) is 3.81. The van der Waals surface area contributed by atoms with Gasteiger partial charge in [-0.15, -0.1) is 0 Å². The van der Waals surface area contributed by atoms with Gasteiger partial charge in [0.1, 0.15) is 11.3 Å². The van der Waals surface area contributed by atoms with Crippen LogP contribution in [0.3, 0.4) is 0 Å². The highest BCUT2D eigenvalue weighted by molar-refractivity contribution is 5.76. The third kappa shape index (κ3) is 3.03. The number of halogens is 4. The SMILES string of the molecule is COc1cc[n+](-c2nc3ccc(C(F)(F)F)cc3[nH]2)c(C)c1C.[Cl-]. The minimum absolute atomic E-state index is 0. The Hall–Kier alpha value is -2.28. The van der Waals surface area contributed by atoms with Crippen LogP contribution in [0.25, 0.3) is 17.0 Å². The number of H-pyrrole nitrogens is 1. The smallest absolute Gasteiger partial charge is 0.416 e. The predicted molar refractivity (Wildman–Crippen MR) is 78.7 cm³/mol. The molecule has 4 nitrogen and oxygen atoms in total. The Balaban J connectivity index is 0.00000208. The third-order valence-electron chi connectivity index (χ3n) is 3.89. The third-order valence-corrected chi connectivity index (χ3v) is 3.89. The minimum Gasteiger partial charge on any atom is -1.00 e. The molecule has 2 heterocycles. The molecule has 0 aliphatic rings. The topological polar surface area (TPSA) is 41.8 Å². The molecule has 0 radical (unpaired) electrons. The number of pyridine rings is 1. The number of imidazole rings is 1. The lowest BCUT2D eigenvalue weighted by molar-refractivity contribution is -0.610. The number of fused-ring (bicyclic) bond motifs is 1. The molecular weight excluding hydrogens is 343 g/mol. The fraction of sp³-hybridized carbons (Fsp3) is 0.250. The van der Waals surface area contributed by atoms with E-state index >= 15 is 0 Å². The summed E-state index contributed by atoms with van der Waals surface area (Å²) in [6.07, 6.45) is -2.61. The summed E-state index contributed by atoms with van der Waals surface area (Å²) in [5.41, 5.74) is 1.95. The Morgan fingerprint density at radius 2 is 1.88 bits per heavy atom. The Labute approximate surface area is 142 Å². The van der Waals surface area contributed by atoms with Gasteiger partial charge in [0.15, 0.2) is 5.52 Å². The molecule has 0 aliphatic heterocycles. The molecule has 3 rings (SSSR count). The average Bonchev–Trinajstić information content (AvgIpc) is 2.91. The van der Waals surface area contributed by atoms with Gasteiger partial charge in [0.05, 0.1) is 24.6 Å². The summed E-state index contributed by atoms with van der Waals surface area (Å²) in [7, 11) is 1.59. The quantitative estimate of drug-likeness (QED) is 0.678. The lowest BCUT2D eigenvalue weighted by Gasteiger charge is -2.08. The lowest BCUT2D eigenvalue weighted by atomic mass is 10.2. The highest BCUT2D eigenvalue weighted by Crippen LogP contribution is 2.31. The number of methoxy groups -OCH3 is 1. The maximum atomic E-state index is 12.8. The van der Waals surface area contributed by atoms with Crippen LogP contribution in [-0.4, -0.2) is 17.1 Å². The van der Waals surface area contributed by atoms with E-state index in [9.17, 15) is 13.2 Å². The molecule has 0 saturated heterocycles. The molecule has 0 spiro atoms. The first-order chi connectivity index (χ1) is 10.8. The van der Waals surface area contributed by atoms with Gasteiger partial charge < -0.3 is 17.1 Å². The van der Waals surface area contributed by atoms with Crippen molar-refractivity contribution in [1.29, 1.82) is 0 Å². The summed E-state index contributed by atoms with van der Waals surface area (Å²) < 4.78 is 45.4. The van der Waals surface area contributed by atoms with Crippen LogP contribution < -0.4 is 21.7 Å². The number of nitrogens with one attached hydrogen (secondary N) is 1. The van der Waals surface area contributed by atoms with Crippen LogP contribution in [0, 0.1) is 13.8 Å². The van der Waals surface area contributed by atoms with Crippen molar-refractivity contribution in [3.05, 3.63) is 47.3 Å². The summed E-state index contributed by atoms with van der Waals surface area (Å²) in [5, 5.41) is 0. The highest BCUT2D eigenvalue weighted by Gasteiger charge is 2.31. The van der Waals surface area contributed by atoms with E-state index in [0.717, 1.165) is 29.1 Å². The summed E-state index contributed by atoms with van der Waals surface area (Å²) in [5.74, 6) is 1.21. The first-order valence-corrected chi connectivity index (χ1v) is 6.94. The molecule has 0 unspecified atom stereocenters. The largest absolute Gasteiger partial charge is 1.00 e. The molecule has 24 heavy (non-hydrogen) atoms. The molecule has 1 N–H and O–H groups in total. The molecule has 0 aliphatic carbocycles. The van der Waals surface area contributed by atoms with Gasteiger partial charge in [-0.3, -0.25) is 0 Å². The lowest BCUT2D eigenvalue weighted by Crippen LogP contribution is -3.00. The fourth-order valence-electron chi connectivity index (χ4n) is 2.48. The van der Waals surface area contributed by atoms with E-state index in [1.54, 1.807) is 23.9 Å². The van der Waals surface area contributed by atoms with Crippen molar-refractivity contribution in [2.24, 2.45) is 0 Å². The zero-order chi connectivity index (χ0) is 16.8. The van der Waals surface area contributed by atoms with E-state index in [0.29, 0.717) is 17.0 Å². The normalized spacial score (nSPS) is 11.4. The van der Waals surface area contributed by atoms with Crippen LogP contribution in [0.1, 0.15) is 16.8 Å². The van der Waals surface area contributed by atoms with E-state index in [1.165, 1.54) is 6.07 Å². The molecular formula is C16H15ClF3N3O. The number of aromatic nitrogens is 3. The number of benzene rings is 1. The Kier molecular flexibility index (Phi) is 4.75. The average molecular weight is 358 g/mol. The maximum Gasteiger partial charge on any atom is 0.416 e. The number of alkyl halides is 3. The molecule has 128 valence electrons. The van der Waals surface area contributed by atoms with Gasteiger partial charge in [0.25, 0.3) is 0 Å². The first kappa shape index (κ1) is 18.1. The molecule has 3 aromatic rings. The monoisotopic (exact) mass is 357 g/mol. The maximum absolute atomic E-state index is 12.8. The van der Waals surface area contributed by atoms with Crippen molar-refractivity contribution in [2.75, 3.05) is 7.11 Å². The van der Waals surface area contributed by atoms with E-state index in [4.69, 9.17) is 4.74 Å². The number of aromatic amines is 1. The number of rotatable bonds is 2. The van der Waals surface area contributed by atoms with Gasteiger partial charge in [-0.2, -0.15) is 13.2 Å². The Morgan fingerprint density at radius 1 is 1.17 bits per heavy atom. The van der Waals surface area contributed by atoms with Crippen LogP contribution in [0.5, 0.6) is 5.75 Å². The van der Waals surface area contributed by atoms with Crippen LogP contribution in [0.4, 0.5) is 13.2 Å². The molecule has 8 heteroatoms. The second-order valence-corrected chi connectivity index (χ2v) is 5.25. The summed E-state index contributed by atoms with van der Waals surface area (Å²) >= 11 is 0. The van der Waals surface area contributed by atoms with Crippen LogP contribution in [0.2, 0.25) is 0 Å². The molecule has 0 fully saturated rings. The molecule has 2 aromatic heterocycles. The Bertz CT molecular complexity index is 890. The van der Waals surface area contributed by atoms with Crippen LogP contribution >= 0.6 is 0 Å². The standard InChI is InChI=1S/C16H15F3N3O.ClH/c1-9-10(2)22(7-6-14(9)23-3)15-20-12-5-4-11(16(17,18)19)8-13(12)21-15;/h4-8H,1-3H3,(H,20,21);1H/q+1;/p-1. The fourth-order valence-corrected chi connectivity index (χ4v) is 2.48. The van der Waals surface area contributed by atoms with Crippen molar-refractivity contribution in [3.8, 4) is 11.7 Å². The van der Waals surface area contributed by atoms with E-state index < -0.39 is 11.7 Å². The number of nitrogens with zero attached hydrogens (tertiary/aromatic N) is 2. The summed E-state index contributed by atoms with van der Waals surface area (Å²) in [4.78, 5) is 7.30. The Morgan fingerprint density at radius 3 is 2.50 bits per heavy atom. The predicted octanol–water partition coefficient (Wildman–Crippen LogP) is 0.488. The van der Waals surface area contributed by atoms with Crippen molar-refractivity contribution < 1.29 is 34.9 Å². The van der Waals surface area contributed by atoms with Gasteiger partial charge in [-0.25, -0.2) is 9.55 Å². The van der Waals surface area contributed by atoms with Gasteiger partial charge in [-0.05, 0) is 32.0 Å². The van der Waals surface area contributed by atoms with E-state index in [1.807, 2.05) is 13.8 Å². The van der Waals surface area contributed by atoms with Crippen molar-refractivity contribution in [1.82, 2.24) is 9.97 Å². The number of ether oxygens (including phenoxy) is 1. The highest BCUT2D eigenvalue weighted by atomic mass is 35.5. The molecule has 1 aromatic carbocycles. The molecule has 0 atom stereocenters. The zero-order valence-corrected chi connectivity index (χ0v) is 14.0. The first-order valence-electron chi connectivity index (χ1n) is 6.94. The van der Waals surface area contributed by atoms with Crippen molar-refractivity contribution in [3.63, 3.8) is 0 Å². The minimum atomic E-state index is -4.38. The number of hydrogen-bond acceptors (Lipinski definition) is 2. The zero-order valence-electron chi connectivity index (χ0n) is 13.2. The van der Waals surface area contributed by atoms with E-state index in [-0.39, 0.29) is 12.4 Å². The van der Waals surface area contributed by atoms with Crippen LogP contribution in [-0.2, 0) is 6.18 Å². The van der Waals surface area contributed by atoms with Gasteiger partial charge in [0.2, 0.25) is 0 Å². The van der Waals surface area contributed by atoms with E-state index in [2.05, 4.69) is 9.97 Å². The van der Waals surface area contributed by atoms with Gasteiger partial charge >= 0.3 is 12.1 Å².